The Morgan fingerprint density at radius 1 is 0.620 bits per heavy atom. The number of piperazine rings is 2. The van der Waals surface area contributed by atoms with Crippen molar-refractivity contribution in [3.8, 4) is 33.8 Å². The number of amides is 3. The lowest BCUT2D eigenvalue weighted by molar-refractivity contribution is -0.155. The van der Waals surface area contributed by atoms with Gasteiger partial charge in [-0.15, -0.1) is 0 Å². The van der Waals surface area contributed by atoms with Gasteiger partial charge in [-0.05, 0) is 88.1 Å². The van der Waals surface area contributed by atoms with Crippen LogP contribution >= 0.6 is 0 Å². The zero-order valence-electron chi connectivity index (χ0n) is 52.3. The van der Waals surface area contributed by atoms with E-state index in [0.717, 1.165) is 16.7 Å². The summed E-state index contributed by atoms with van der Waals surface area (Å²) in [6.07, 6.45) is 6.02. The summed E-state index contributed by atoms with van der Waals surface area (Å²) in [6, 6.07) is 22.4. The van der Waals surface area contributed by atoms with Crippen molar-refractivity contribution in [2.45, 2.75) is 98.5 Å². The Labute approximate surface area is 526 Å². The highest BCUT2D eigenvalue weighted by atomic mass is 19.3. The number of esters is 1. The van der Waals surface area contributed by atoms with Crippen molar-refractivity contribution in [3.63, 3.8) is 0 Å². The van der Waals surface area contributed by atoms with Crippen molar-refractivity contribution in [2.24, 2.45) is 20.0 Å². The Morgan fingerprint density at radius 2 is 1.04 bits per heavy atom. The molecule has 2 fully saturated rings. The van der Waals surface area contributed by atoms with Gasteiger partial charge in [0.1, 0.15) is 29.7 Å². The number of carbonyl (C=O) groups is 4. The Hall–Kier alpha value is -9.86. The van der Waals surface area contributed by atoms with Crippen LogP contribution in [0.1, 0.15) is 59.6 Å². The van der Waals surface area contributed by atoms with Gasteiger partial charge in [0.25, 0.3) is 17.0 Å². The number of anilines is 2. The lowest BCUT2D eigenvalue weighted by Gasteiger charge is -2.39. The molecule has 2 aliphatic rings. The van der Waals surface area contributed by atoms with Gasteiger partial charge in [0, 0.05) is 112 Å². The molecular formula is C64H73F4N13O11. The van der Waals surface area contributed by atoms with Crippen molar-refractivity contribution in [3.05, 3.63) is 142 Å². The van der Waals surface area contributed by atoms with Crippen LogP contribution in [0.4, 0.5) is 34.3 Å². The average Bonchev–Trinajstić information content (AvgIpc) is 1.62. The van der Waals surface area contributed by atoms with Gasteiger partial charge in [-0.2, -0.15) is 17.6 Å². The first kappa shape index (κ1) is 66.6. The highest BCUT2D eigenvalue weighted by Gasteiger charge is 2.33. The number of halogens is 4. The molecule has 4 aromatic heterocycles. The van der Waals surface area contributed by atoms with Crippen molar-refractivity contribution in [2.75, 3.05) is 62.3 Å². The van der Waals surface area contributed by atoms with Crippen molar-refractivity contribution < 1.29 is 60.8 Å². The number of benzene rings is 4. The number of fused-ring (bicyclic) bond motifs is 2. The van der Waals surface area contributed by atoms with Crippen LogP contribution in [-0.4, -0.2) is 167 Å². The maximum absolute atomic E-state index is 13.1. The van der Waals surface area contributed by atoms with E-state index in [1.54, 1.807) is 147 Å². The number of alkyl halides is 4. The minimum atomic E-state index is -2.98. The molecule has 10 rings (SSSR count). The normalized spacial score (nSPS) is 15.6. The maximum atomic E-state index is 13.1. The van der Waals surface area contributed by atoms with Gasteiger partial charge in [-0.1, -0.05) is 62.4 Å². The number of aromatic nitrogens is 8. The summed E-state index contributed by atoms with van der Waals surface area (Å²) in [5, 5.41) is 12.7. The molecule has 0 radical (unpaired) electrons. The zero-order chi connectivity index (χ0) is 66.3. The van der Waals surface area contributed by atoms with E-state index in [0.29, 0.717) is 89.7 Å². The van der Waals surface area contributed by atoms with Gasteiger partial charge in [0.2, 0.25) is 17.8 Å². The summed E-state index contributed by atoms with van der Waals surface area (Å²) in [6.45, 7) is 8.60. The summed E-state index contributed by atoms with van der Waals surface area (Å²) in [4.78, 5) is 101. The fourth-order valence-corrected chi connectivity index (χ4v) is 11.1. The second kappa shape index (κ2) is 28.5. The average molecular weight is 1280 g/mol. The summed E-state index contributed by atoms with van der Waals surface area (Å²) in [5.74, 6) is -0.580. The monoisotopic (exact) mass is 1280 g/mol. The van der Waals surface area contributed by atoms with E-state index in [-0.39, 0.29) is 65.5 Å². The highest BCUT2D eigenvalue weighted by molar-refractivity contribution is 5.87. The van der Waals surface area contributed by atoms with E-state index in [4.69, 9.17) is 19.3 Å². The van der Waals surface area contributed by atoms with Crippen LogP contribution in [0.3, 0.4) is 0 Å². The summed E-state index contributed by atoms with van der Waals surface area (Å²) in [5.41, 5.74) is 4.04. The van der Waals surface area contributed by atoms with Crippen LogP contribution in [-0.2, 0) is 51.0 Å². The Bertz CT molecular complexity index is 4080. The van der Waals surface area contributed by atoms with Gasteiger partial charge in [-0.25, -0.2) is 29.5 Å². The molecule has 3 atom stereocenters. The second-order valence-electron chi connectivity index (χ2n) is 23.7. The molecule has 0 saturated carbocycles. The van der Waals surface area contributed by atoms with Crippen molar-refractivity contribution in [1.82, 2.24) is 53.8 Å². The number of para-hydroxylation sites is 2. The zero-order valence-corrected chi connectivity index (χ0v) is 52.3. The van der Waals surface area contributed by atoms with Gasteiger partial charge >= 0.3 is 25.3 Å². The molecule has 6 heterocycles. The highest BCUT2D eigenvalue weighted by Crippen LogP contribution is 2.30. The molecule has 0 spiro atoms. The fourth-order valence-electron chi connectivity index (χ4n) is 11.1. The molecule has 0 aliphatic carbocycles. The number of alkyl carbamates (subject to hydrolysis) is 1. The van der Waals surface area contributed by atoms with Crippen LogP contribution < -0.4 is 35.7 Å². The van der Waals surface area contributed by atoms with E-state index < -0.39 is 50.1 Å². The molecule has 2 saturated heterocycles. The third kappa shape index (κ3) is 15.5. The standard InChI is InChI=1S/C37H45F2N7O7.C27H28F2N6O4/c1-22(2)31(42-36(50)53-37(4,5)6)33(49)51-21-30(47)45-15-14-44(19-23(45)3)35-40-17-26(18-41-35)24-12-13-27-28(16-24)46(43(7)32(27)48)20-25-10-8-9-11-29(25)52-34(38)39;1-17-14-33(9-10-34(17)24(37)16-36)27-30-12-20(13-31-27)18-7-8-21-22(11-18)35(32(2)25(21)38)15-19-5-3-4-6-23(19)39-26(28)29/h8-13,16-18,22-23,31,34H,14-15,19-21H2,1-7H3,(H,42,50);3-8,11-13,17,26,36H,9-10,14-16H2,1-2H3/t23-,31+;17-/m11/s1. The van der Waals surface area contributed by atoms with E-state index in [9.17, 15) is 46.3 Å². The summed E-state index contributed by atoms with van der Waals surface area (Å²) < 4.78 is 78.2. The first-order valence-electron chi connectivity index (χ1n) is 29.7. The second-order valence-corrected chi connectivity index (χ2v) is 23.7. The molecule has 2 N–H and O–H groups in total. The number of aliphatic hydroxyl groups excluding tert-OH is 1. The SMILES string of the molecule is CC(C)[C@H](NC(=O)OC(C)(C)C)C(=O)OCC(=O)N1CCN(c2ncc(-c3ccc4c(=O)n(C)n(Cc5ccccc5OC(F)F)c4c3)cn2)C[C@H]1C.C[C@@H]1CN(c2ncc(-c3ccc4c(=O)n(C)n(Cc5ccccc5OC(F)F)c4c3)cn2)CCN1C(=O)CO. The lowest BCUT2D eigenvalue weighted by Crippen LogP contribution is -2.55. The van der Waals surface area contributed by atoms with Crippen LogP contribution in [0.25, 0.3) is 44.1 Å². The van der Waals surface area contributed by atoms with Gasteiger partial charge < -0.3 is 49.0 Å². The molecule has 2 aliphatic heterocycles. The molecule has 28 heteroatoms. The largest absolute Gasteiger partial charge is 0.454 e. The van der Waals surface area contributed by atoms with E-state index in [1.165, 1.54) is 21.5 Å². The molecule has 3 amide bonds. The lowest BCUT2D eigenvalue weighted by atomic mass is 10.1. The quantitative estimate of drug-likeness (QED) is 0.0644. The van der Waals surface area contributed by atoms with Crippen molar-refractivity contribution >= 4 is 57.6 Å². The molecule has 24 nitrogen and oxygen atoms in total. The van der Waals surface area contributed by atoms with Crippen LogP contribution in [0.5, 0.6) is 11.5 Å². The van der Waals surface area contributed by atoms with Gasteiger partial charge in [0.15, 0.2) is 6.61 Å². The third-order valence-corrected chi connectivity index (χ3v) is 15.8. The fraction of sp³-hybridized carbons (Fsp3) is 0.406. The third-order valence-electron chi connectivity index (χ3n) is 15.8. The Balaban J connectivity index is 0.000000227. The first-order chi connectivity index (χ1) is 43.8. The molecule has 4 aromatic carbocycles. The number of carbonyl (C=O) groups excluding carboxylic acids is 4. The summed E-state index contributed by atoms with van der Waals surface area (Å²) in [7, 11) is 3.25. The predicted octanol–water partition coefficient (Wildman–Crippen LogP) is 7.05. The first-order valence-corrected chi connectivity index (χ1v) is 29.7. The number of hydrogen-bond donors (Lipinski definition) is 2. The van der Waals surface area contributed by atoms with Crippen molar-refractivity contribution in [1.29, 1.82) is 0 Å². The van der Waals surface area contributed by atoms with Crippen LogP contribution in [0, 0.1) is 5.92 Å². The Morgan fingerprint density at radius 3 is 1.43 bits per heavy atom. The number of nitrogens with zero attached hydrogens (tertiary/aromatic N) is 12. The molecule has 92 heavy (non-hydrogen) atoms. The predicted molar refractivity (Wildman–Crippen MR) is 334 cm³/mol. The number of rotatable bonds is 18. The smallest absolute Gasteiger partial charge is 0.408 e. The summed E-state index contributed by atoms with van der Waals surface area (Å²) >= 11 is 0. The topological polar surface area (TPSA) is 256 Å². The van der Waals surface area contributed by atoms with Gasteiger partial charge in [0.05, 0.1) is 34.9 Å². The molecule has 8 aromatic rings. The molecule has 0 bridgehead atoms. The minimum absolute atomic E-state index is 0.0318. The van der Waals surface area contributed by atoms with E-state index in [1.807, 2.05) is 41.8 Å². The van der Waals surface area contributed by atoms with Crippen LogP contribution in [0.2, 0.25) is 0 Å². The minimum Gasteiger partial charge on any atom is -0.454 e. The molecule has 488 valence electrons. The van der Waals surface area contributed by atoms with E-state index in [2.05, 4.69) is 30.0 Å². The number of ether oxygens (including phenoxy) is 4. The number of hydrogen-bond acceptors (Lipinski definition) is 17. The van der Waals surface area contributed by atoms with Gasteiger partial charge in [-0.3, -0.25) is 37.9 Å². The van der Waals surface area contributed by atoms with Crippen LogP contribution in [0.15, 0.2) is 119 Å². The maximum Gasteiger partial charge on any atom is 0.408 e. The number of nitrogens with one attached hydrogen (secondary N) is 1. The Kier molecular flexibility index (Phi) is 20.6. The number of aliphatic hydroxyl groups is 1. The molecule has 0 unspecified atom stereocenters. The molecular weight excluding hydrogens is 1200 g/mol. The van der Waals surface area contributed by atoms with E-state index >= 15 is 0 Å².